The molecule has 0 aromatic carbocycles. The van der Waals surface area contributed by atoms with Gasteiger partial charge in [0.2, 0.25) is 0 Å². The highest BCUT2D eigenvalue weighted by molar-refractivity contribution is 7.10. The van der Waals surface area contributed by atoms with Crippen molar-refractivity contribution in [3.05, 3.63) is 21.9 Å². The fourth-order valence-electron chi connectivity index (χ4n) is 3.27. The number of rotatable bonds is 4. The number of likely N-dealkylation sites (tertiary alicyclic amines) is 1. The monoisotopic (exact) mass is 280 g/mol. The van der Waals surface area contributed by atoms with E-state index in [1.165, 1.54) is 42.8 Å². The molecule has 108 valence electrons. The second-order valence-corrected chi connectivity index (χ2v) is 7.14. The first kappa shape index (κ1) is 15.0. The summed E-state index contributed by atoms with van der Waals surface area (Å²) in [6, 6.07) is 2.66. The quantitative estimate of drug-likeness (QED) is 0.908. The Kier molecular flexibility index (Phi) is 5.43. The van der Waals surface area contributed by atoms with Crippen LogP contribution in [0.2, 0.25) is 0 Å². The smallest absolute Gasteiger partial charge is 0.0566 e. The van der Waals surface area contributed by atoms with Gasteiger partial charge in [-0.1, -0.05) is 13.8 Å². The van der Waals surface area contributed by atoms with Crippen LogP contribution in [0.3, 0.4) is 0 Å². The zero-order valence-corrected chi connectivity index (χ0v) is 13.4. The molecule has 1 saturated heterocycles. The molecule has 1 aromatic heterocycles. The molecule has 1 aliphatic heterocycles. The SMILES string of the molecule is Cc1ccsc1C(CN)N1CCCC(C(C)C)CC1. The molecule has 2 nitrogen and oxygen atoms in total. The molecule has 0 radical (unpaired) electrons. The van der Waals surface area contributed by atoms with E-state index in [1.807, 2.05) is 11.3 Å². The molecule has 0 bridgehead atoms. The van der Waals surface area contributed by atoms with E-state index in [0.717, 1.165) is 18.4 Å². The first-order valence-corrected chi connectivity index (χ1v) is 8.49. The summed E-state index contributed by atoms with van der Waals surface area (Å²) in [6.07, 6.45) is 4.04. The van der Waals surface area contributed by atoms with E-state index >= 15 is 0 Å². The maximum atomic E-state index is 6.07. The molecule has 19 heavy (non-hydrogen) atoms. The summed E-state index contributed by atoms with van der Waals surface area (Å²) in [5.74, 6) is 1.72. The van der Waals surface area contributed by atoms with Gasteiger partial charge >= 0.3 is 0 Å². The summed E-state index contributed by atoms with van der Waals surface area (Å²) in [6.45, 7) is 10.1. The second kappa shape index (κ2) is 6.87. The van der Waals surface area contributed by atoms with Crippen molar-refractivity contribution in [1.82, 2.24) is 4.90 Å². The van der Waals surface area contributed by atoms with Gasteiger partial charge in [-0.3, -0.25) is 4.90 Å². The molecule has 1 fully saturated rings. The molecule has 2 atom stereocenters. The highest BCUT2D eigenvalue weighted by Gasteiger charge is 2.26. The minimum absolute atomic E-state index is 0.436. The number of hydrogen-bond donors (Lipinski definition) is 1. The average Bonchev–Trinajstić information content (AvgIpc) is 2.66. The van der Waals surface area contributed by atoms with Crippen molar-refractivity contribution in [2.24, 2.45) is 17.6 Å². The second-order valence-electron chi connectivity index (χ2n) is 6.19. The van der Waals surface area contributed by atoms with E-state index in [0.29, 0.717) is 6.04 Å². The van der Waals surface area contributed by atoms with E-state index in [1.54, 1.807) is 0 Å². The Morgan fingerprint density at radius 2 is 2.16 bits per heavy atom. The van der Waals surface area contributed by atoms with Gasteiger partial charge in [-0.15, -0.1) is 11.3 Å². The molecule has 0 aliphatic carbocycles. The Hall–Kier alpha value is -0.380. The summed E-state index contributed by atoms with van der Waals surface area (Å²) in [7, 11) is 0. The fourth-order valence-corrected chi connectivity index (χ4v) is 4.35. The number of nitrogens with two attached hydrogens (primary N) is 1. The summed E-state index contributed by atoms with van der Waals surface area (Å²) in [5, 5.41) is 2.20. The zero-order chi connectivity index (χ0) is 13.8. The Morgan fingerprint density at radius 1 is 1.37 bits per heavy atom. The van der Waals surface area contributed by atoms with Crippen LogP contribution in [-0.4, -0.2) is 24.5 Å². The van der Waals surface area contributed by atoms with Crippen molar-refractivity contribution in [1.29, 1.82) is 0 Å². The Morgan fingerprint density at radius 3 is 2.74 bits per heavy atom. The van der Waals surface area contributed by atoms with E-state index in [2.05, 4.69) is 37.1 Å². The molecular weight excluding hydrogens is 252 g/mol. The third-order valence-corrected chi connectivity index (χ3v) is 5.74. The van der Waals surface area contributed by atoms with Gasteiger partial charge in [0.15, 0.2) is 0 Å². The van der Waals surface area contributed by atoms with Gasteiger partial charge in [0.25, 0.3) is 0 Å². The summed E-state index contributed by atoms with van der Waals surface area (Å²) in [4.78, 5) is 4.10. The third kappa shape index (κ3) is 3.59. The maximum Gasteiger partial charge on any atom is 0.0566 e. The van der Waals surface area contributed by atoms with Gasteiger partial charge in [0.1, 0.15) is 0 Å². The molecule has 0 saturated carbocycles. The lowest BCUT2D eigenvalue weighted by molar-refractivity contribution is 0.206. The van der Waals surface area contributed by atoms with Gasteiger partial charge in [0.05, 0.1) is 6.04 Å². The fraction of sp³-hybridized carbons (Fsp3) is 0.750. The highest BCUT2D eigenvalue weighted by atomic mass is 32.1. The van der Waals surface area contributed by atoms with Crippen LogP contribution in [0.1, 0.15) is 49.6 Å². The van der Waals surface area contributed by atoms with Crippen molar-refractivity contribution in [2.75, 3.05) is 19.6 Å². The topological polar surface area (TPSA) is 29.3 Å². The van der Waals surface area contributed by atoms with Crippen LogP contribution in [0.15, 0.2) is 11.4 Å². The van der Waals surface area contributed by atoms with Crippen LogP contribution in [0.5, 0.6) is 0 Å². The van der Waals surface area contributed by atoms with Crippen molar-refractivity contribution in [3.63, 3.8) is 0 Å². The largest absolute Gasteiger partial charge is 0.329 e. The molecule has 2 rings (SSSR count). The molecule has 0 spiro atoms. The van der Waals surface area contributed by atoms with E-state index in [4.69, 9.17) is 5.73 Å². The van der Waals surface area contributed by atoms with Crippen LogP contribution >= 0.6 is 11.3 Å². The van der Waals surface area contributed by atoms with E-state index in [9.17, 15) is 0 Å². The molecular formula is C16H28N2S. The highest BCUT2D eigenvalue weighted by Crippen LogP contribution is 2.32. The van der Waals surface area contributed by atoms with E-state index in [-0.39, 0.29) is 0 Å². The minimum Gasteiger partial charge on any atom is -0.329 e. The molecule has 2 heterocycles. The standard InChI is InChI=1S/C16H28N2S/c1-12(2)14-5-4-8-18(9-6-14)15(11-17)16-13(3)7-10-19-16/h7,10,12,14-15H,4-6,8-9,11,17H2,1-3H3. The van der Waals surface area contributed by atoms with E-state index < -0.39 is 0 Å². The molecule has 1 aliphatic rings. The Bertz CT molecular complexity index is 386. The number of aryl methyl sites for hydroxylation is 1. The van der Waals surface area contributed by atoms with Gasteiger partial charge in [-0.2, -0.15) is 0 Å². The summed E-state index contributed by atoms with van der Waals surface area (Å²) < 4.78 is 0. The summed E-state index contributed by atoms with van der Waals surface area (Å²) in [5.41, 5.74) is 7.48. The number of hydrogen-bond acceptors (Lipinski definition) is 3. The Labute approximate surface area is 122 Å². The number of nitrogens with zero attached hydrogens (tertiary/aromatic N) is 1. The maximum absolute atomic E-state index is 6.07. The van der Waals surface area contributed by atoms with Crippen LogP contribution in [-0.2, 0) is 0 Å². The van der Waals surface area contributed by atoms with Crippen LogP contribution in [0.4, 0.5) is 0 Å². The lowest BCUT2D eigenvalue weighted by atomic mass is 9.89. The van der Waals surface area contributed by atoms with Gasteiger partial charge in [0, 0.05) is 11.4 Å². The van der Waals surface area contributed by atoms with Crippen molar-refractivity contribution >= 4 is 11.3 Å². The number of thiophene rings is 1. The first-order valence-electron chi connectivity index (χ1n) is 7.61. The molecule has 2 N–H and O–H groups in total. The average molecular weight is 280 g/mol. The predicted octanol–water partition coefficient (Wildman–Crippen LogP) is 3.81. The normalized spacial score (nSPS) is 23.5. The van der Waals surface area contributed by atoms with Gasteiger partial charge < -0.3 is 5.73 Å². The molecule has 2 unspecified atom stereocenters. The first-order chi connectivity index (χ1) is 9.13. The van der Waals surface area contributed by atoms with Crippen LogP contribution in [0, 0.1) is 18.8 Å². The molecule has 3 heteroatoms. The zero-order valence-electron chi connectivity index (χ0n) is 12.6. The summed E-state index contributed by atoms with van der Waals surface area (Å²) >= 11 is 1.87. The van der Waals surface area contributed by atoms with Crippen molar-refractivity contribution in [2.45, 2.75) is 46.1 Å². The molecule has 0 amide bonds. The predicted molar refractivity (Wildman–Crippen MR) is 84.6 cm³/mol. The third-order valence-electron chi connectivity index (χ3n) is 4.62. The van der Waals surface area contributed by atoms with Gasteiger partial charge in [-0.05, 0) is 68.1 Å². The lowest BCUT2D eigenvalue weighted by Crippen LogP contribution is -2.34. The van der Waals surface area contributed by atoms with Crippen LogP contribution in [0.25, 0.3) is 0 Å². The van der Waals surface area contributed by atoms with Crippen molar-refractivity contribution in [3.8, 4) is 0 Å². The lowest BCUT2D eigenvalue weighted by Gasteiger charge is -2.30. The van der Waals surface area contributed by atoms with Crippen LogP contribution < -0.4 is 5.73 Å². The molecule has 1 aromatic rings. The van der Waals surface area contributed by atoms with Gasteiger partial charge in [-0.25, -0.2) is 0 Å². The Balaban J connectivity index is 2.06. The van der Waals surface area contributed by atoms with Crippen molar-refractivity contribution < 1.29 is 0 Å². The minimum atomic E-state index is 0.436.